The van der Waals surface area contributed by atoms with Crippen LogP contribution >= 0.6 is 11.6 Å². The smallest absolute Gasteiger partial charge is 0.205 e. The summed E-state index contributed by atoms with van der Waals surface area (Å²) in [6.45, 7) is 0. The summed E-state index contributed by atoms with van der Waals surface area (Å²) in [7, 11) is 3.70. The molecule has 0 fully saturated rings. The number of ketones is 1. The second-order valence-corrected chi connectivity index (χ2v) is 7.37. The van der Waals surface area contributed by atoms with E-state index in [2.05, 4.69) is 9.97 Å². The van der Waals surface area contributed by atoms with Crippen LogP contribution in [0.5, 0.6) is 0 Å². The van der Waals surface area contributed by atoms with Gasteiger partial charge in [0.15, 0.2) is 0 Å². The first kappa shape index (κ1) is 19.8. The van der Waals surface area contributed by atoms with Crippen molar-refractivity contribution >= 4 is 23.0 Å². The Kier molecular flexibility index (Phi) is 5.33. The number of aromatic nitrogens is 3. The van der Waals surface area contributed by atoms with Gasteiger partial charge in [0.2, 0.25) is 5.78 Å². The van der Waals surface area contributed by atoms with Gasteiger partial charge in [-0.2, -0.15) is 0 Å². The molecule has 0 saturated carbocycles. The Bertz CT molecular complexity index is 1280. The standard InChI is InChI=1S/C23H18ClFN4O/c1-28(2)11-9-21(30)20-13-27-22-8-6-16(14-29(20)22)17-4-3-10-26-23(17)15-5-7-19(25)18(24)12-15/h3-14H,1-2H3. The molecular weight excluding hydrogens is 403 g/mol. The molecule has 0 bridgehead atoms. The van der Waals surface area contributed by atoms with Gasteiger partial charge in [0.05, 0.1) is 16.9 Å². The first-order valence-electron chi connectivity index (χ1n) is 9.21. The van der Waals surface area contributed by atoms with Crippen molar-refractivity contribution in [2.75, 3.05) is 14.1 Å². The first-order chi connectivity index (χ1) is 14.4. The number of imidazole rings is 1. The molecule has 0 N–H and O–H groups in total. The minimum absolute atomic E-state index is 0.0368. The summed E-state index contributed by atoms with van der Waals surface area (Å²) in [6.07, 6.45) is 8.29. The van der Waals surface area contributed by atoms with E-state index in [0.29, 0.717) is 22.6 Å². The number of benzene rings is 1. The van der Waals surface area contributed by atoms with Crippen LogP contribution in [0.3, 0.4) is 0 Å². The van der Waals surface area contributed by atoms with Gasteiger partial charge in [-0.15, -0.1) is 0 Å². The number of allylic oxidation sites excluding steroid dienone is 1. The van der Waals surface area contributed by atoms with Crippen LogP contribution in [0.25, 0.3) is 28.0 Å². The lowest BCUT2D eigenvalue weighted by Crippen LogP contribution is -2.05. The fourth-order valence-corrected chi connectivity index (χ4v) is 3.32. The lowest BCUT2D eigenvalue weighted by Gasteiger charge is -2.10. The molecule has 7 heteroatoms. The number of pyridine rings is 2. The van der Waals surface area contributed by atoms with Crippen LogP contribution in [0.2, 0.25) is 5.02 Å². The topological polar surface area (TPSA) is 50.5 Å². The summed E-state index contributed by atoms with van der Waals surface area (Å²) in [5.41, 5.74) is 4.16. The average Bonchev–Trinajstić information content (AvgIpc) is 3.17. The van der Waals surface area contributed by atoms with Gasteiger partial charge < -0.3 is 4.90 Å². The molecule has 3 heterocycles. The summed E-state index contributed by atoms with van der Waals surface area (Å²) in [5, 5.41) is 0.0368. The fourth-order valence-electron chi connectivity index (χ4n) is 3.14. The molecule has 5 nitrogen and oxygen atoms in total. The summed E-state index contributed by atoms with van der Waals surface area (Å²) < 4.78 is 15.4. The maximum Gasteiger partial charge on any atom is 0.205 e. The number of halogens is 2. The van der Waals surface area contributed by atoms with Crippen LogP contribution in [0.4, 0.5) is 4.39 Å². The number of rotatable bonds is 5. The predicted molar refractivity (Wildman–Crippen MR) is 116 cm³/mol. The molecule has 0 aliphatic carbocycles. The first-order valence-corrected chi connectivity index (χ1v) is 9.59. The number of carbonyl (C=O) groups excluding carboxylic acids is 1. The van der Waals surface area contributed by atoms with Gasteiger partial charge in [-0.3, -0.25) is 14.2 Å². The van der Waals surface area contributed by atoms with Crippen molar-refractivity contribution < 1.29 is 9.18 Å². The van der Waals surface area contributed by atoms with Crippen LogP contribution < -0.4 is 0 Å². The van der Waals surface area contributed by atoms with Crippen molar-refractivity contribution in [1.82, 2.24) is 19.3 Å². The lowest BCUT2D eigenvalue weighted by atomic mass is 10.0. The molecule has 4 rings (SSSR count). The van der Waals surface area contributed by atoms with E-state index in [0.717, 1.165) is 11.1 Å². The van der Waals surface area contributed by atoms with Crippen molar-refractivity contribution in [1.29, 1.82) is 0 Å². The SMILES string of the molecule is CN(C)C=CC(=O)c1cnc2ccc(-c3cccnc3-c3ccc(F)c(Cl)c3)cn12. The molecule has 4 aromatic rings. The van der Waals surface area contributed by atoms with E-state index >= 15 is 0 Å². The summed E-state index contributed by atoms with van der Waals surface area (Å²) >= 11 is 5.97. The summed E-state index contributed by atoms with van der Waals surface area (Å²) in [4.78, 5) is 23.2. The lowest BCUT2D eigenvalue weighted by molar-refractivity contribution is 0.104. The zero-order chi connectivity index (χ0) is 21.3. The molecule has 0 amide bonds. The maximum atomic E-state index is 13.6. The molecule has 0 spiro atoms. The Balaban J connectivity index is 1.82. The normalized spacial score (nSPS) is 11.3. The average molecular weight is 421 g/mol. The van der Waals surface area contributed by atoms with Crippen LogP contribution in [0, 0.1) is 5.82 Å². The quantitative estimate of drug-likeness (QED) is 0.332. The van der Waals surface area contributed by atoms with E-state index in [1.54, 1.807) is 40.0 Å². The van der Waals surface area contributed by atoms with Gasteiger partial charge in [-0.05, 0) is 36.4 Å². The van der Waals surface area contributed by atoms with Crippen molar-refractivity contribution in [3.8, 4) is 22.4 Å². The van der Waals surface area contributed by atoms with Gasteiger partial charge in [-0.1, -0.05) is 17.7 Å². The number of hydrogen-bond acceptors (Lipinski definition) is 4. The third-order valence-corrected chi connectivity index (χ3v) is 4.88. The third kappa shape index (κ3) is 3.82. The molecule has 0 aliphatic rings. The van der Waals surface area contributed by atoms with Crippen molar-refractivity contribution in [3.63, 3.8) is 0 Å². The van der Waals surface area contributed by atoms with E-state index in [1.807, 2.05) is 44.6 Å². The number of fused-ring (bicyclic) bond motifs is 1. The Labute approximate surface area is 178 Å². The monoisotopic (exact) mass is 420 g/mol. The van der Waals surface area contributed by atoms with Crippen LogP contribution in [-0.4, -0.2) is 39.1 Å². The number of nitrogens with zero attached hydrogens (tertiary/aromatic N) is 4. The molecular formula is C23H18ClFN4O. The molecule has 0 aliphatic heterocycles. The molecule has 1 aromatic carbocycles. The van der Waals surface area contributed by atoms with Crippen LogP contribution in [-0.2, 0) is 0 Å². The second kappa shape index (κ2) is 8.08. The Morgan fingerprint density at radius 2 is 1.93 bits per heavy atom. The van der Waals surface area contributed by atoms with E-state index in [4.69, 9.17) is 11.6 Å². The Hall–Kier alpha value is -3.51. The van der Waals surface area contributed by atoms with Gasteiger partial charge in [0, 0.05) is 55.5 Å². The molecule has 0 radical (unpaired) electrons. The molecule has 30 heavy (non-hydrogen) atoms. The van der Waals surface area contributed by atoms with Crippen molar-refractivity contribution in [3.05, 3.63) is 89.9 Å². The highest BCUT2D eigenvalue weighted by molar-refractivity contribution is 6.31. The summed E-state index contributed by atoms with van der Waals surface area (Å²) in [5.74, 6) is -0.628. The second-order valence-electron chi connectivity index (χ2n) is 6.96. The van der Waals surface area contributed by atoms with E-state index in [1.165, 1.54) is 12.1 Å². The Morgan fingerprint density at radius 3 is 2.70 bits per heavy atom. The third-order valence-electron chi connectivity index (χ3n) is 4.59. The molecule has 3 aromatic heterocycles. The van der Waals surface area contributed by atoms with E-state index in [-0.39, 0.29) is 10.8 Å². The highest BCUT2D eigenvalue weighted by Gasteiger charge is 2.14. The fraction of sp³-hybridized carbons (Fsp3) is 0.0870. The van der Waals surface area contributed by atoms with Gasteiger partial charge in [-0.25, -0.2) is 9.37 Å². The van der Waals surface area contributed by atoms with E-state index < -0.39 is 5.82 Å². The largest absolute Gasteiger partial charge is 0.383 e. The van der Waals surface area contributed by atoms with Gasteiger partial charge in [0.25, 0.3) is 0 Å². The minimum Gasteiger partial charge on any atom is -0.383 e. The highest BCUT2D eigenvalue weighted by Crippen LogP contribution is 2.32. The molecule has 150 valence electrons. The number of carbonyl (C=O) groups is 1. The number of hydrogen-bond donors (Lipinski definition) is 0. The zero-order valence-corrected chi connectivity index (χ0v) is 17.1. The van der Waals surface area contributed by atoms with Crippen LogP contribution in [0.15, 0.2) is 73.3 Å². The highest BCUT2D eigenvalue weighted by atomic mass is 35.5. The van der Waals surface area contributed by atoms with E-state index in [9.17, 15) is 9.18 Å². The zero-order valence-electron chi connectivity index (χ0n) is 16.4. The van der Waals surface area contributed by atoms with Gasteiger partial charge in [0.1, 0.15) is 17.2 Å². The summed E-state index contributed by atoms with van der Waals surface area (Å²) in [6, 6.07) is 12.0. The Morgan fingerprint density at radius 1 is 1.13 bits per heavy atom. The van der Waals surface area contributed by atoms with Gasteiger partial charge >= 0.3 is 0 Å². The maximum absolute atomic E-state index is 13.6. The van der Waals surface area contributed by atoms with Crippen LogP contribution in [0.1, 0.15) is 10.5 Å². The molecule has 0 atom stereocenters. The predicted octanol–water partition coefficient (Wildman–Crippen LogP) is 5.11. The molecule has 0 unspecified atom stereocenters. The van der Waals surface area contributed by atoms with Crippen molar-refractivity contribution in [2.45, 2.75) is 0 Å². The minimum atomic E-state index is -0.480. The molecule has 0 saturated heterocycles. The van der Waals surface area contributed by atoms with Crippen molar-refractivity contribution in [2.24, 2.45) is 0 Å².